The van der Waals surface area contributed by atoms with Gasteiger partial charge in [0.25, 0.3) is 0 Å². The van der Waals surface area contributed by atoms with Gasteiger partial charge in [0, 0.05) is 30.7 Å². The van der Waals surface area contributed by atoms with Crippen molar-refractivity contribution in [1.29, 1.82) is 0 Å². The van der Waals surface area contributed by atoms with Crippen molar-refractivity contribution in [3.8, 4) is 0 Å². The van der Waals surface area contributed by atoms with Crippen LogP contribution in [0.4, 0.5) is 10.6 Å². The van der Waals surface area contributed by atoms with Gasteiger partial charge in [0.15, 0.2) is 0 Å². The fourth-order valence-electron chi connectivity index (χ4n) is 2.52. The molecule has 1 aliphatic rings. The molecule has 2 aromatic heterocycles. The maximum Gasteiger partial charge on any atom is 0.323 e. The summed E-state index contributed by atoms with van der Waals surface area (Å²) in [6.07, 6.45) is 5.64. The fourth-order valence-corrected chi connectivity index (χ4v) is 2.52. The molecule has 0 radical (unpaired) electrons. The average Bonchev–Trinajstić information content (AvgIpc) is 3.29. The molecule has 0 bridgehead atoms. The lowest BCUT2D eigenvalue weighted by Crippen LogP contribution is -2.36. The summed E-state index contributed by atoms with van der Waals surface area (Å²) in [6.45, 7) is 4.53. The lowest BCUT2D eigenvalue weighted by molar-refractivity contribution is 0.206. The molecule has 1 N–H and O–H groups in total. The Morgan fingerprint density at radius 2 is 2.00 bits per heavy atom. The highest BCUT2D eigenvalue weighted by molar-refractivity contribution is 5.88. The second kappa shape index (κ2) is 6.13. The highest BCUT2D eigenvalue weighted by atomic mass is 16.2. The van der Waals surface area contributed by atoms with Crippen molar-refractivity contribution in [2.75, 3.05) is 5.32 Å². The Morgan fingerprint density at radius 1 is 1.27 bits per heavy atom. The molecule has 22 heavy (non-hydrogen) atoms. The zero-order valence-electron chi connectivity index (χ0n) is 12.9. The molecule has 0 saturated heterocycles. The van der Waals surface area contributed by atoms with Gasteiger partial charge in [-0.1, -0.05) is 0 Å². The monoisotopic (exact) mass is 296 g/mol. The van der Waals surface area contributed by atoms with Crippen molar-refractivity contribution < 1.29 is 4.79 Å². The molecule has 0 spiro atoms. The van der Waals surface area contributed by atoms with Crippen LogP contribution in [-0.4, -0.2) is 26.9 Å². The summed E-state index contributed by atoms with van der Waals surface area (Å²) in [5.41, 5.74) is 3.09. The average molecular weight is 296 g/mol. The molecular formula is C17H20N4O. The molecule has 1 saturated carbocycles. The second-order valence-electron chi connectivity index (χ2n) is 5.82. The molecule has 114 valence electrons. The van der Waals surface area contributed by atoms with Crippen molar-refractivity contribution in [1.82, 2.24) is 14.9 Å². The zero-order chi connectivity index (χ0) is 15.5. The van der Waals surface area contributed by atoms with E-state index in [0.717, 1.165) is 29.7 Å². The Morgan fingerprint density at radius 3 is 2.64 bits per heavy atom. The van der Waals surface area contributed by atoms with E-state index in [-0.39, 0.29) is 6.03 Å². The third-order valence-corrected chi connectivity index (χ3v) is 3.68. The van der Waals surface area contributed by atoms with Gasteiger partial charge in [0.1, 0.15) is 5.82 Å². The summed E-state index contributed by atoms with van der Waals surface area (Å²) in [7, 11) is 0. The number of carbonyl (C=O) groups is 1. The first-order chi connectivity index (χ1) is 10.6. The Balaban J connectivity index is 1.73. The largest absolute Gasteiger partial charge is 0.323 e. The number of rotatable bonds is 4. The smallest absolute Gasteiger partial charge is 0.317 e. The number of urea groups is 1. The third kappa shape index (κ3) is 3.61. The van der Waals surface area contributed by atoms with Crippen molar-refractivity contribution in [3.63, 3.8) is 0 Å². The van der Waals surface area contributed by atoms with E-state index in [1.807, 2.05) is 43.0 Å². The van der Waals surface area contributed by atoms with Crippen LogP contribution in [0, 0.1) is 13.8 Å². The van der Waals surface area contributed by atoms with Gasteiger partial charge in [-0.3, -0.25) is 10.3 Å². The van der Waals surface area contributed by atoms with Gasteiger partial charge < -0.3 is 4.90 Å². The van der Waals surface area contributed by atoms with E-state index in [1.165, 1.54) is 0 Å². The van der Waals surface area contributed by atoms with Gasteiger partial charge >= 0.3 is 6.03 Å². The Bertz CT molecular complexity index is 647. The molecule has 5 nitrogen and oxygen atoms in total. The van der Waals surface area contributed by atoms with Crippen LogP contribution in [0.1, 0.15) is 29.7 Å². The molecular weight excluding hydrogens is 276 g/mol. The van der Waals surface area contributed by atoms with Gasteiger partial charge in [-0.15, -0.1) is 0 Å². The predicted molar refractivity (Wildman–Crippen MR) is 85.5 cm³/mol. The molecule has 2 aromatic rings. The Hall–Kier alpha value is -2.43. The van der Waals surface area contributed by atoms with Gasteiger partial charge in [-0.05, 0) is 62.1 Å². The number of amides is 2. The summed E-state index contributed by atoms with van der Waals surface area (Å²) in [6, 6.07) is 8.01. The zero-order valence-corrected chi connectivity index (χ0v) is 12.9. The predicted octanol–water partition coefficient (Wildman–Crippen LogP) is 3.29. The van der Waals surface area contributed by atoms with Gasteiger partial charge in [-0.2, -0.15) is 0 Å². The van der Waals surface area contributed by atoms with E-state index >= 15 is 0 Å². The summed E-state index contributed by atoms with van der Waals surface area (Å²) in [4.78, 5) is 22.9. The number of hydrogen-bond donors (Lipinski definition) is 1. The first kappa shape index (κ1) is 14.5. The summed E-state index contributed by atoms with van der Waals surface area (Å²) in [5, 5.41) is 2.93. The first-order valence-corrected chi connectivity index (χ1v) is 7.53. The van der Waals surface area contributed by atoms with E-state index in [9.17, 15) is 4.79 Å². The van der Waals surface area contributed by atoms with E-state index < -0.39 is 0 Å². The lowest BCUT2D eigenvalue weighted by Gasteiger charge is -2.23. The molecule has 0 aliphatic heterocycles. The molecule has 5 heteroatoms. The van der Waals surface area contributed by atoms with E-state index in [4.69, 9.17) is 0 Å². The minimum Gasteiger partial charge on any atom is -0.317 e. The third-order valence-electron chi connectivity index (χ3n) is 3.68. The molecule has 0 unspecified atom stereocenters. The second-order valence-corrected chi connectivity index (χ2v) is 5.82. The van der Waals surface area contributed by atoms with E-state index in [1.54, 1.807) is 12.4 Å². The van der Waals surface area contributed by atoms with E-state index in [0.29, 0.717) is 18.4 Å². The van der Waals surface area contributed by atoms with Crippen LogP contribution < -0.4 is 5.32 Å². The van der Waals surface area contributed by atoms with Crippen LogP contribution >= 0.6 is 0 Å². The van der Waals surface area contributed by atoms with Gasteiger partial charge in [-0.25, -0.2) is 9.78 Å². The minimum atomic E-state index is -0.0863. The SMILES string of the molecule is Cc1cc(C)nc(NC(=O)N(Cc2ccncc2)C2CC2)c1. The lowest BCUT2D eigenvalue weighted by atomic mass is 10.2. The number of hydrogen-bond acceptors (Lipinski definition) is 3. The summed E-state index contributed by atoms with van der Waals surface area (Å²) in [5.74, 6) is 0.614. The number of aromatic nitrogens is 2. The topological polar surface area (TPSA) is 58.1 Å². The highest BCUT2D eigenvalue weighted by Gasteiger charge is 2.32. The number of anilines is 1. The molecule has 3 rings (SSSR count). The minimum absolute atomic E-state index is 0.0863. The molecule has 2 amide bonds. The number of pyridine rings is 2. The van der Waals surface area contributed by atoms with Crippen LogP contribution in [0.15, 0.2) is 36.7 Å². The maximum absolute atomic E-state index is 12.6. The summed E-state index contributed by atoms with van der Waals surface area (Å²) >= 11 is 0. The Kier molecular flexibility index (Phi) is 4.04. The van der Waals surface area contributed by atoms with Crippen LogP contribution in [0.3, 0.4) is 0 Å². The summed E-state index contributed by atoms with van der Waals surface area (Å²) < 4.78 is 0. The van der Waals surface area contributed by atoms with Crippen molar-refractivity contribution >= 4 is 11.8 Å². The molecule has 1 fully saturated rings. The quantitative estimate of drug-likeness (QED) is 0.942. The van der Waals surface area contributed by atoms with E-state index in [2.05, 4.69) is 15.3 Å². The number of carbonyl (C=O) groups excluding carboxylic acids is 1. The van der Waals surface area contributed by atoms with Crippen molar-refractivity contribution in [2.45, 2.75) is 39.3 Å². The highest BCUT2D eigenvalue weighted by Crippen LogP contribution is 2.29. The molecule has 2 heterocycles. The number of aryl methyl sites for hydroxylation is 2. The molecule has 0 atom stereocenters. The fraction of sp³-hybridized carbons (Fsp3) is 0.353. The van der Waals surface area contributed by atoms with Crippen LogP contribution in [0.2, 0.25) is 0 Å². The van der Waals surface area contributed by atoms with Crippen molar-refractivity contribution in [3.05, 3.63) is 53.5 Å². The molecule has 1 aliphatic carbocycles. The number of nitrogens with one attached hydrogen (secondary N) is 1. The Labute approximate surface area is 130 Å². The van der Waals surface area contributed by atoms with Gasteiger partial charge in [0.05, 0.1) is 0 Å². The van der Waals surface area contributed by atoms with Crippen LogP contribution in [-0.2, 0) is 6.54 Å². The normalized spacial score (nSPS) is 13.7. The standard InChI is InChI=1S/C17H20N4O/c1-12-9-13(2)19-16(10-12)20-17(22)21(15-3-4-15)11-14-5-7-18-8-6-14/h5-10,15H,3-4,11H2,1-2H3,(H,19,20,22). The number of nitrogens with zero attached hydrogens (tertiary/aromatic N) is 3. The van der Waals surface area contributed by atoms with Crippen molar-refractivity contribution in [2.24, 2.45) is 0 Å². The first-order valence-electron chi connectivity index (χ1n) is 7.53. The van der Waals surface area contributed by atoms with Gasteiger partial charge in [0.2, 0.25) is 0 Å². The van der Waals surface area contributed by atoms with Crippen LogP contribution in [0.25, 0.3) is 0 Å². The maximum atomic E-state index is 12.6. The molecule has 0 aromatic carbocycles. The van der Waals surface area contributed by atoms with Crippen LogP contribution in [0.5, 0.6) is 0 Å².